The van der Waals surface area contributed by atoms with Gasteiger partial charge in [-0.2, -0.15) is 0 Å². The minimum absolute atomic E-state index is 0.0360. The average Bonchev–Trinajstić information content (AvgIpc) is 2.43. The Morgan fingerprint density at radius 2 is 2.28 bits per heavy atom. The molecule has 1 aromatic carbocycles. The standard InChI is InChI=1S/C13H16N4O/c18-13-11-5-1-2-6-12(11)15-16-17(13)9-10-4-3-7-14-8-10/h1-2,5-6,10,14H,3-4,7-9H2. The smallest absolute Gasteiger partial charge is 0.277 e. The normalized spacial score (nSPS) is 20.1. The molecule has 2 aromatic rings. The average molecular weight is 244 g/mol. The molecule has 5 nitrogen and oxygen atoms in total. The van der Waals surface area contributed by atoms with E-state index < -0.39 is 0 Å². The first-order chi connectivity index (χ1) is 8.84. The van der Waals surface area contributed by atoms with E-state index in [1.54, 1.807) is 0 Å². The van der Waals surface area contributed by atoms with Gasteiger partial charge in [-0.15, -0.1) is 5.10 Å². The van der Waals surface area contributed by atoms with E-state index >= 15 is 0 Å². The summed E-state index contributed by atoms with van der Waals surface area (Å²) in [7, 11) is 0. The van der Waals surface area contributed by atoms with Gasteiger partial charge in [-0.3, -0.25) is 4.79 Å². The SMILES string of the molecule is O=c1c2ccccc2nnn1CC1CCCNC1. The Morgan fingerprint density at radius 1 is 1.39 bits per heavy atom. The van der Waals surface area contributed by atoms with E-state index in [1.807, 2.05) is 24.3 Å². The van der Waals surface area contributed by atoms with Gasteiger partial charge in [0.15, 0.2) is 0 Å². The lowest BCUT2D eigenvalue weighted by Crippen LogP contribution is -2.35. The fourth-order valence-corrected chi connectivity index (χ4v) is 2.47. The zero-order valence-corrected chi connectivity index (χ0v) is 10.2. The van der Waals surface area contributed by atoms with Crippen LogP contribution in [0.3, 0.4) is 0 Å². The Balaban J connectivity index is 1.92. The van der Waals surface area contributed by atoms with Crippen LogP contribution >= 0.6 is 0 Å². The fourth-order valence-electron chi connectivity index (χ4n) is 2.47. The minimum Gasteiger partial charge on any atom is -0.316 e. The van der Waals surface area contributed by atoms with Crippen molar-refractivity contribution in [3.63, 3.8) is 0 Å². The van der Waals surface area contributed by atoms with Gasteiger partial charge in [0.05, 0.1) is 11.9 Å². The van der Waals surface area contributed by atoms with Crippen LogP contribution in [0.15, 0.2) is 29.1 Å². The minimum atomic E-state index is -0.0360. The highest BCUT2D eigenvalue weighted by Gasteiger charge is 2.15. The molecule has 0 aliphatic carbocycles. The van der Waals surface area contributed by atoms with Crippen LogP contribution in [0.2, 0.25) is 0 Å². The van der Waals surface area contributed by atoms with Crippen LogP contribution in [0.25, 0.3) is 10.9 Å². The van der Waals surface area contributed by atoms with E-state index in [4.69, 9.17) is 0 Å². The van der Waals surface area contributed by atoms with E-state index in [0.29, 0.717) is 23.4 Å². The van der Waals surface area contributed by atoms with Crippen molar-refractivity contribution < 1.29 is 0 Å². The maximum Gasteiger partial charge on any atom is 0.277 e. The number of hydrogen-bond donors (Lipinski definition) is 1. The zero-order chi connectivity index (χ0) is 12.4. The molecular weight excluding hydrogens is 228 g/mol. The Bertz CT molecular complexity index is 601. The lowest BCUT2D eigenvalue weighted by Gasteiger charge is -2.22. The van der Waals surface area contributed by atoms with Crippen LogP contribution in [0.1, 0.15) is 12.8 Å². The van der Waals surface area contributed by atoms with Crippen LogP contribution in [-0.2, 0) is 6.54 Å². The number of aromatic nitrogens is 3. The summed E-state index contributed by atoms with van der Waals surface area (Å²) < 4.78 is 1.50. The van der Waals surface area contributed by atoms with Crippen molar-refractivity contribution in [2.75, 3.05) is 13.1 Å². The number of fused-ring (bicyclic) bond motifs is 1. The summed E-state index contributed by atoms with van der Waals surface area (Å²) >= 11 is 0. The van der Waals surface area contributed by atoms with Crippen LogP contribution in [-0.4, -0.2) is 28.1 Å². The molecular formula is C13H16N4O. The summed E-state index contributed by atoms with van der Waals surface area (Å²) in [5, 5.41) is 12.1. The molecule has 1 saturated heterocycles. The Labute approximate surface area is 105 Å². The number of piperidine rings is 1. The first-order valence-electron chi connectivity index (χ1n) is 6.38. The van der Waals surface area contributed by atoms with Crippen molar-refractivity contribution in [3.05, 3.63) is 34.6 Å². The summed E-state index contributed by atoms with van der Waals surface area (Å²) in [6.45, 7) is 2.69. The van der Waals surface area contributed by atoms with Gasteiger partial charge in [0.25, 0.3) is 5.56 Å². The fraction of sp³-hybridized carbons (Fsp3) is 0.462. The molecule has 18 heavy (non-hydrogen) atoms. The second-order valence-corrected chi connectivity index (χ2v) is 4.81. The predicted molar refractivity (Wildman–Crippen MR) is 69.4 cm³/mol. The van der Waals surface area contributed by atoms with Gasteiger partial charge in [0.1, 0.15) is 5.52 Å². The van der Waals surface area contributed by atoms with Gasteiger partial charge in [-0.25, -0.2) is 4.68 Å². The Kier molecular flexibility index (Phi) is 3.06. The van der Waals surface area contributed by atoms with E-state index in [-0.39, 0.29) is 5.56 Å². The van der Waals surface area contributed by atoms with Crippen LogP contribution in [0, 0.1) is 5.92 Å². The monoisotopic (exact) mass is 244 g/mol. The van der Waals surface area contributed by atoms with E-state index in [9.17, 15) is 4.79 Å². The maximum absolute atomic E-state index is 12.2. The summed E-state index contributed by atoms with van der Waals surface area (Å²) in [6.07, 6.45) is 2.31. The van der Waals surface area contributed by atoms with E-state index in [2.05, 4.69) is 15.6 Å². The molecule has 1 aliphatic heterocycles. The van der Waals surface area contributed by atoms with Gasteiger partial charge in [0.2, 0.25) is 0 Å². The van der Waals surface area contributed by atoms with E-state index in [1.165, 1.54) is 11.1 Å². The second kappa shape index (κ2) is 4.86. The predicted octanol–water partition coefficient (Wildman–Crippen LogP) is 0.791. The molecule has 94 valence electrons. The molecule has 5 heteroatoms. The molecule has 1 aliphatic rings. The highest BCUT2D eigenvalue weighted by molar-refractivity contribution is 5.76. The topological polar surface area (TPSA) is 59.8 Å². The van der Waals surface area contributed by atoms with Gasteiger partial charge in [-0.05, 0) is 44.0 Å². The van der Waals surface area contributed by atoms with Crippen molar-refractivity contribution >= 4 is 10.9 Å². The van der Waals surface area contributed by atoms with Gasteiger partial charge in [0, 0.05) is 0 Å². The van der Waals surface area contributed by atoms with Gasteiger partial charge >= 0.3 is 0 Å². The molecule has 1 unspecified atom stereocenters. The lowest BCUT2D eigenvalue weighted by atomic mass is 10.00. The van der Waals surface area contributed by atoms with Gasteiger partial charge in [-0.1, -0.05) is 17.3 Å². The quantitative estimate of drug-likeness (QED) is 0.848. The first kappa shape index (κ1) is 11.3. The molecule has 1 fully saturated rings. The van der Waals surface area contributed by atoms with Crippen molar-refractivity contribution in [1.29, 1.82) is 0 Å². The van der Waals surface area contributed by atoms with Crippen LogP contribution in [0.5, 0.6) is 0 Å². The molecule has 0 bridgehead atoms. The molecule has 0 saturated carbocycles. The molecule has 0 radical (unpaired) electrons. The first-order valence-corrected chi connectivity index (χ1v) is 6.38. The van der Waals surface area contributed by atoms with Crippen LogP contribution < -0.4 is 10.9 Å². The summed E-state index contributed by atoms with van der Waals surface area (Å²) in [4.78, 5) is 12.2. The number of rotatable bonds is 2. The third-order valence-corrected chi connectivity index (χ3v) is 3.46. The van der Waals surface area contributed by atoms with Crippen molar-refractivity contribution in [2.45, 2.75) is 19.4 Å². The molecule has 2 heterocycles. The molecule has 3 rings (SSSR count). The Morgan fingerprint density at radius 3 is 3.11 bits per heavy atom. The zero-order valence-electron chi connectivity index (χ0n) is 10.2. The largest absolute Gasteiger partial charge is 0.316 e. The third-order valence-electron chi connectivity index (χ3n) is 3.46. The second-order valence-electron chi connectivity index (χ2n) is 4.81. The molecule has 1 atom stereocenters. The summed E-state index contributed by atoms with van der Waals surface area (Å²) in [5.41, 5.74) is 0.631. The van der Waals surface area contributed by atoms with Gasteiger partial charge < -0.3 is 5.32 Å². The van der Waals surface area contributed by atoms with E-state index in [0.717, 1.165) is 19.5 Å². The third kappa shape index (κ3) is 2.13. The molecule has 1 N–H and O–H groups in total. The Hall–Kier alpha value is -1.75. The summed E-state index contributed by atoms with van der Waals surface area (Å²) in [5.74, 6) is 0.479. The number of nitrogens with zero attached hydrogens (tertiary/aromatic N) is 3. The van der Waals surface area contributed by atoms with Crippen molar-refractivity contribution in [1.82, 2.24) is 20.3 Å². The maximum atomic E-state index is 12.2. The highest BCUT2D eigenvalue weighted by atomic mass is 16.1. The van der Waals surface area contributed by atoms with Crippen molar-refractivity contribution in [2.24, 2.45) is 5.92 Å². The van der Waals surface area contributed by atoms with Crippen LogP contribution in [0.4, 0.5) is 0 Å². The number of hydrogen-bond acceptors (Lipinski definition) is 4. The molecule has 0 amide bonds. The van der Waals surface area contributed by atoms with Crippen molar-refractivity contribution in [3.8, 4) is 0 Å². The molecule has 1 aromatic heterocycles. The highest BCUT2D eigenvalue weighted by Crippen LogP contribution is 2.11. The number of benzene rings is 1. The molecule has 0 spiro atoms. The lowest BCUT2D eigenvalue weighted by molar-refractivity contribution is 0.315. The number of nitrogens with one attached hydrogen (secondary N) is 1. The summed E-state index contributed by atoms with van der Waals surface area (Å²) in [6, 6.07) is 7.35.